The molecule has 14 heavy (non-hydrogen) atoms. The van der Waals surface area contributed by atoms with E-state index in [4.69, 9.17) is 10.8 Å². The van der Waals surface area contributed by atoms with E-state index in [0.29, 0.717) is 15.5 Å². The minimum atomic E-state index is -0.988. The number of amides is 1. The van der Waals surface area contributed by atoms with E-state index in [0.717, 1.165) is 0 Å². The quantitative estimate of drug-likeness (QED) is 0.668. The maximum atomic E-state index is 10.9. The molecule has 0 saturated heterocycles. The van der Waals surface area contributed by atoms with Crippen molar-refractivity contribution in [3.05, 3.63) is 28.8 Å². The van der Waals surface area contributed by atoms with Gasteiger partial charge in [-0.2, -0.15) is 0 Å². The standard InChI is InChI=1S/C9H10AsNO3/c1-4-2-6(8(11)12)7(10)3-5(4)9(13)14/h2-3H,10H2,1H3,(H2,11,12)(H,13,14). The molecule has 0 radical (unpaired) electrons. The molecule has 0 spiro atoms. The second-order valence-electron chi connectivity index (χ2n) is 2.92. The molecule has 0 aliphatic carbocycles. The predicted molar refractivity (Wildman–Crippen MR) is 54.8 cm³/mol. The molecule has 1 atom stereocenters. The van der Waals surface area contributed by atoms with Crippen LogP contribution in [0.15, 0.2) is 12.1 Å². The summed E-state index contributed by atoms with van der Waals surface area (Å²) in [6.07, 6.45) is 0. The van der Waals surface area contributed by atoms with E-state index in [1.807, 2.05) is 0 Å². The molecule has 4 nitrogen and oxygen atoms in total. The first kappa shape index (κ1) is 10.8. The van der Waals surface area contributed by atoms with Crippen LogP contribution >= 0.6 is 0 Å². The van der Waals surface area contributed by atoms with E-state index in [-0.39, 0.29) is 5.56 Å². The SMILES string of the molecule is Cc1cc(C(N)=O)c([AsH2])cc1C(=O)O. The third-order valence-corrected chi connectivity index (χ3v) is 2.89. The number of carbonyl (C=O) groups is 2. The fraction of sp³-hybridized carbons (Fsp3) is 0.111. The second-order valence-corrected chi connectivity index (χ2v) is 4.23. The van der Waals surface area contributed by atoms with Gasteiger partial charge in [0, 0.05) is 0 Å². The van der Waals surface area contributed by atoms with Gasteiger partial charge in [-0.1, -0.05) is 0 Å². The van der Waals surface area contributed by atoms with Gasteiger partial charge in [0.05, 0.1) is 0 Å². The molecule has 3 N–H and O–H groups in total. The molecule has 1 aromatic rings. The third kappa shape index (κ3) is 1.96. The Balaban J connectivity index is 3.38. The molecule has 74 valence electrons. The summed E-state index contributed by atoms with van der Waals surface area (Å²) in [7, 11) is 0. The van der Waals surface area contributed by atoms with Crippen molar-refractivity contribution in [1.29, 1.82) is 0 Å². The number of carboxylic acid groups (broad SMARTS) is 1. The van der Waals surface area contributed by atoms with Crippen molar-refractivity contribution in [1.82, 2.24) is 0 Å². The van der Waals surface area contributed by atoms with Crippen LogP contribution in [0.3, 0.4) is 0 Å². The number of aromatic carboxylic acids is 1. The number of nitrogens with two attached hydrogens (primary N) is 1. The number of carbonyl (C=O) groups excluding carboxylic acids is 1. The molecule has 0 fully saturated rings. The van der Waals surface area contributed by atoms with Crippen molar-refractivity contribution in [2.75, 3.05) is 0 Å². The van der Waals surface area contributed by atoms with Crippen LogP contribution in [0.4, 0.5) is 0 Å². The summed E-state index contributed by atoms with van der Waals surface area (Å²) in [5, 5.41) is 8.81. The Morgan fingerprint density at radius 1 is 1.36 bits per heavy atom. The number of primary amides is 1. The van der Waals surface area contributed by atoms with Crippen LogP contribution in [0.25, 0.3) is 0 Å². The van der Waals surface area contributed by atoms with Crippen LogP contribution in [0.5, 0.6) is 0 Å². The van der Waals surface area contributed by atoms with E-state index in [2.05, 4.69) is 0 Å². The van der Waals surface area contributed by atoms with Gasteiger partial charge in [0.2, 0.25) is 0 Å². The Hall–Kier alpha value is -1.28. The van der Waals surface area contributed by atoms with Crippen LogP contribution < -0.4 is 10.1 Å². The van der Waals surface area contributed by atoms with Crippen LogP contribution in [0.2, 0.25) is 0 Å². The van der Waals surface area contributed by atoms with Crippen molar-refractivity contribution in [3.8, 4) is 0 Å². The third-order valence-electron chi connectivity index (χ3n) is 1.89. The average Bonchev–Trinajstić information content (AvgIpc) is 2.07. The van der Waals surface area contributed by atoms with Gasteiger partial charge < -0.3 is 0 Å². The van der Waals surface area contributed by atoms with Gasteiger partial charge in [-0.15, -0.1) is 0 Å². The summed E-state index contributed by atoms with van der Waals surface area (Å²) in [5.74, 6) is -1.51. The van der Waals surface area contributed by atoms with Gasteiger partial charge in [-0.25, -0.2) is 0 Å². The zero-order chi connectivity index (χ0) is 10.9. The predicted octanol–water partition coefficient (Wildman–Crippen LogP) is -0.949. The first-order chi connectivity index (χ1) is 6.43. The van der Waals surface area contributed by atoms with Crippen molar-refractivity contribution < 1.29 is 14.7 Å². The zero-order valence-electron chi connectivity index (χ0n) is 7.57. The number of rotatable bonds is 2. The van der Waals surface area contributed by atoms with Gasteiger partial charge in [-0.3, -0.25) is 0 Å². The van der Waals surface area contributed by atoms with Crippen molar-refractivity contribution >= 4 is 33.1 Å². The molecule has 1 rings (SSSR count). The van der Waals surface area contributed by atoms with Crippen molar-refractivity contribution in [2.45, 2.75) is 6.92 Å². The summed E-state index contributed by atoms with van der Waals surface area (Å²) in [6, 6.07) is 3.00. The Bertz CT molecular complexity index is 375. The zero-order valence-corrected chi connectivity index (χ0v) is 10.00. The van der Waals surface area contributed by atoms with Gasteiger partial charge in [0.1, 0.15) is 0 Å². The Morgan fingerprint density at radius 3 is 2.36 bits per heavy atom. The van der Waals surface area contributed by atoms with E-state index in [1.54, 1.807) is 6.92 Å². The first-order valence-corrected chi connectivity index (χ1v) is 5.08. The Morgan fingerprint density at radius 2 is 1.93 bits per heavy atom. The number of hydrogen-bond acceptors (Lipinski definition) is 2. The second kappa shape index (κ2) is 3.84. The van der Waals surface area contributed by atoms with Gasteiger partial charge >= 0.3 is 89.3 Å². The van der Waals surface area contributed by atoms with E-state index in [9.17, 15) is 9.59 Å². The molecule has 5 heteroatoms. The average molecular weight is 255 g/mol. The number of hydrogen-bond donors (Lipinski definition) is 2. The molecular formula is C9H10AsNO3. The van der Waals surface area contributed by atoms with Crippen molar-refractivity contribution in [3.63, 3.8) is 0 Å². The summed E-state index contributed by atoms with van der Waals surface area (Å²) in [5.41, 5.74) is 6.29. The maximum absolute atomic E-state index is 10.9. The molecule has 1 aromatic carbocycles. The van der Waals surface area contributed by atoms with Crippen molar-refractivity contribution in [2.24, 2.45) is 5.73 Å². The number of carboxylic acids is 1. The van der Waals surface area contributed by atoms with Crippen LogP contribution in [0.1, 0.15) is 26.3 Å². The fourth-order valence-corrected chi connectivity index (χ4v) is 1.99. The molecule has 1 unspecified atom stereocenters. The van der Waals surface area contributed by atoms with Crippen LogP contribution in [0, 0.1) is 6.92 Å². The fourth-order valence-electron chi connectivity index (χ4n) is 1.17. The summed E-state index contributed by atoms with van der Waals surface area (Å²) >= 11 is 1.18. The summed E-state index contributed by atoms with van der Waals surface area (Å²) in [6.45, 7) is 1.64. The van der Waals surface area contributed by atoms with E-state index < -0.39 is 11.9 Å². The molecular weight excluding hydrogens is 245 g/mol. The number of benzene rings is 1. The molecule has 0 aliphatic rings. The monoisotopic (exact) mass is 255 g/mol. The molecule has 0 aliphatic heterocycles. The van der Waals surface area contributed by atoms with Crippen LogP contribution in [-0.4, -0.2) is 33.8 Å². The topological polar surface area (TPSA) is 80.4 Å². The Labute approximate surface area is 89.6 Å². The number of aryl methyl sites for hydroxylation is 1. The van der Waals surface area contributed by atoms with Gasteiger partial charge in [0.15, 0.2) is 0 Å². The van der Waals surface area contributed by atoms with E-state index >= 15 is 0 Å². The molecule has 0 aromatic heterocycles. The van der Waals surface area contributed by atoms with Gasteiger partial charge in [0.25, 0.3) is 0 Å². The first-order valence-electron chi connectivity index (χ1n) is 3.86. The molecule has 1 amide bonds. The van der Waals surface area contributed by atoms with E-state index in [1.165, 1.54) is 29.0 Å². The normalized spacial score (nSPS) is 9.86. The molecule has 0 heterocycles. The molecule has 0 saturated carbocycles. The van der Waals surface area contributed by atoms with Gasteiger partial charge in [-0.05, 0) is 0 Å². The van der Waals surface area contributed by atoms with Crippen LogP contribution in [-0.2, 0) is 0 Å². The summed E-state index contributed by atoms with van der Waals surface area (Å²) < 4.78 is 0.646. The summed E-state index contributed by atoms with van der Waals surface area (Å²) in [4.78, 5) is 21.7. The molecule has 0 bridgehead atoms. The minimum absolute atomic E-state index is 0.217. The Kier molecular flexibility index (Phi) is 2.96.